The number of nitrogens with one attached hydrogen (secondary N) is 4. The second-order valence-corrected chi connectivity index (χ2v) is 16.0. The van der Waals surface area contributed by atoms with Crippen LogP contribution in [0, 0.1) is 5.41 Å². The quantitative estimate of drug-likeness (QED) is 0.131. The van der Waals surface area contributed by atoms with Crippen molar-refractivity contribution in [3.8, 4) is 0 Å². The van der Waals surface area contributed by atoms with Gasteiger partial charge < -0.3 is 31.7 Å². The van der Waals surface area contributed by atoms with Crippen molar-refractivity contribution in [2.45, 2.75) is 94.5 Å². The van der Waals surface area contributed by atoms with Gasteiger partial charge in [0.2, 0.25) is 39.6 Å². The number of primary amides is 1. The largest absolute Gasteiger partial charge is 0.480 e. The Morgan fingerprint density at radius 3 is 2.31 bits per heavy atom. The van der Waals surface area contributed by atoms with Gasteiger partial charge in [-0.05, 0) is 54.5 Å². The first-order valence-corrected chi connectivity index (χ1v) is 18.7. The summed E-state index contributed by atoms with van der Waals surface area (Å²) in [5.74, 6) is -5.27. The minimum Gasteiger partial charge on any atom is -0.480 e. The van der Waals surface area contributed by atoms with Crippen molar-refractivity contribution in [2.75, 3.05) is 13.1 Å². The lowest BCUT2D eigenvalue weighted by atomic mass is 9.85. The molecule has 1 aliphatic rings. The standard InChI is InChI=1S/C33H42ClF3N8O9S/c1-32(2,3)28(30(50)45-12-4-5-19(45)14-25(38)46)43-29(49)24(13-18-10-11-40-41-16-18)42-27(48)17-39-26(47)9-8-23(31(51)52)44-55(53,54)20-6-7-22(34)21(15-20)33(35,36)37/h6-7,10-11,15-16,19,23-24,28,44H,4-5,8-9,12-14,17H2,1-3H3,(H2,38,46)(H,39,47)(H,42,48)(H,43,49)(H,51,52)/t19-,23-,24-,28+/m0/s1. The zero-order valence-electron chi connectivity index (χ0n) is 30.0. The number of carboxylic acids is 1. The summed E-state index contributed by atoms with van der Waals surface area (Å²) in [4.78, 5) is 77.1. The van der Waals surface area contributed by atoms with E-state index in [9.17, 15) is 55.5 Å². The van der Waals surface area contributed by atoms with E-state index in [4.69, 9.17) is 17.3 Å². The Bertz CT molecular complexity index is 1860. The number of hydrogen-bond acceptors (Lipinski definition) is 10. The van der Waals surface area contributed by atoms with Crippen LogP contribution in [0.1, 0.15) is 64.0 Å². The molecular weight excluding hydrogens is 777 g/mol. The molecule has 0 bridgehead atoms. The molecule has 0 spiro atoms. The number of carbonyl (C=O) groups excluding carboxylic acids is 5. The third-order valence-corrected chi connectivity index (χ3v) is 10.3. The Balaban J connectivity index is 1.67. The highest BCUT2D eigenvalue weighted by Gasteiger charge is 2.41. The monoisotopic (exact) mass is 818 g/mol. The fourth-order valence-electron chi connectivity index (χ4n) is 5.68. The number of amides is 5. The third kappa shape index (κ3) is 13.1. The second kappa shape index (κ2) is 18.6. The van der Waals surface area contributed by atoms with Crippen LogP contribution in [0.5, 0.6) is 0 Å². The smallest absolute Gasteiger partial charge is 0.417 e. The highest BCUT2D eigenvalue weighted by Crippen LogP contribution is 2.36. The lowest BCUT2D eigenvalue weighted by Crippen LogP contribution is -2.60. The van der Waals surface area contributed by atoms with E-state index in [2.05, 4.69) is 26.1 Å². The molecule has 0 radical (unpaired) electrons. The van der Waals surface area contributed by atoms with Crippen LogP contribution in [0.15, 0.2) is 41.6 Å². The highest BCUT2D eigenvalue weighted by molar-refractivity contribution is 7.89. The molecule has 2 heterocycles. The zero-order valence-corrected chi connectivity index (χ0v) is 31.6. The Morgan fingerprint density at radius 1 is 1.04 bits per heavy atom. The van der Waals surface area contributed by atoms with Crippen LogP contribution in [-0.4, -0.2) is 101 Å². The number of alkyl halides is 3. The Labute approximate surface area is 319 Å². The van der Waals surface area contributed by atoms with Gasteiger partial charge in [-0.2, -0.15) is 28.1 Å². The number of aliphatic carboxylic acids is 1. The number of sulfonamides is 1. The fraction of sp³-hybridized carbons (Fsp3) is 0.515. The average molecular weight is 819 g/mol. The summed E-state index contributed by atoms with van der Waals surface area (Å²) < 4.78 is 67.0. The van der Waals surface area contributed by atoms with Gasteiger partial charge in [0.25, 0.3) is 0 Å². The van der Waals surface area contributed by atoms with Gasteiger partial charge in [-0.1, -0.05) is 32.4 Å². The summed E-state index contributed by atoms with van der Waals surface area (Å²) >= 11 is 5.54. The number of nitrogens with two attached hydrogens (primary N) is 1. The van der Waals surface area contributed by atoms with E-state index in [-0.39, 0.29) is 18.9 Å². The lowest BCUT2D eigenvalue weighted by Gasteiger charge is -2.36. The van der Waals surface area contributed by atoms with Gasteiger partial charge in [-0.15, -0.1) is 0 Å². The number of rotatable bonds is 17. The molecule has 3 rings (SSSR count). The number of hydrogen-bond donors (Lipinski definition) is 6. The number of halogens is 4. The fourth-order valence-corrected chi connectivity index (χ4v) is 7.15. The number of benzene rings is 1. The van der Waals surface area contributed by atoms with Gasteiger partial charge in [0, 0.05) is 38.0 Å². The Kier molecular flexibility index (Phi) is 15.1. The zero-order chi connectivity index (χ0) is 41.3. The maximum atomic E-state index is 13.7. The molecule has 1 fully saturated rings. The first-order valence-electron chi connectivity index (χ1n) is 16.8. The van der Waals surface area contributed by atoms with Gasteiger partial charge in [-0.25, -0.2) is 8.42 Å². The van der Waals surface area contributed by atoms with E-state index in [1.165, 1.54) is 17.3 Å². The molecule has 302 valence electrons. The van der Waals surface area contributed by atoms with Gasteiger partial charge >= 0.3 is 12.1 Å². The number of carbonyl (C=O) groups is 6. The van der Waals surface area contributed by atoms with Crippen molar-refractivity contribution in [1.29, 1.82) is 0 Å². The minimum absolute atomic E-state index is 0.0435. The summed E-state index contributed by atoms with van der Waals surface area (Å²) in [6, 6.07) is -1.56. The molecule has 1 aliphatic heterocycles. The van der Waals surface area contributed by atoms with Crippen LogP contribution in [0.2, 0.25) is 5.02 Å². The van der Waals surface area contributed by atoms with Crippen LogP contribution in [0.3, 0.4) is 0 Å². The van der Waals surface area contributed by atoms with E-state index < -0.39 is 116 Å². The molecule has 1 saturated heterocycles. The van der Waals surface area contributed by atoms with Crippen LogP contribution in [-0.2, 0) is 51.4 Å². The number of aromatic nitrogens is 2. The van der Waals surface area contributed by atoms with Crippen molar-refractivity contribution in [1.82, 2.24) is 35.8 Å². The van der Waals surface area contributed by atoms with Gasteiger partial charge in [0.15, 0.2) is 0 Å². The molecule has 1 aromatic carbocycles. The summed E-state index contributed by atoms with van der Waals surface area (Å²) in [5.41, 5.74) is 3.58. The predicted molar refractivity (Wildman–Crippen MR) is 188 cm³/mol. The summed E-state index contributed by atoms with van der Waals surface area (Å²) in [6.45, 7) is 4.83. The molecule has 17 nitrogen and oxygen atoms in total. The van der Waals surface area contributed by atoms with E-state index in [0.717, 1.165) is 6.07 Å². The maximum Gasteiger partial charge on any atom is 0.417 e. The number of likely N-dealkylation sites (tertiary alicyclic amines) is 1. The molecule has 4 atom stereocenters. The van der Waals surface area contributed by atoms with E-state index in [0.29, 0.717) is 31.0 Å². The molecule has 7 N–H and O–H groups in total. The molecule has 22 heteroatoms. The Morgan fingerprint density at radius 2 is 1.73 bits per heavy atom. The van der Waals surface area contributed by atoms with Crippen molar-refractivity contribution < 1.29 is 55.5 Å². The molecule has 0 unspecified atom stereocenters. The van der Waals surface area contributed by atoms with Crippen LogP contribution >= 0.6 is 11.6 Å². The molecule has 0 saturated carbocycles. The average Bonchev–Trinajstić information content (AvgIpc) is 3.54. The highest BCUT2D eigenvalue weighted by atomic mass is 35.5. The van der Waals surface area contributed by atoms with Crippen molar-refractivity contribution in [2.24, 2.45) is 11.1 Å². The minimum atomic E-state index is -5.00. The van der Waals surface area contributed by atoms with Gasteiger partial charge in [-0.3, -0.25) is 28.8 Å². The number of carboxylic acid groups (broad SMARTS) is 1. The first-order chi connectivity index (χ1) is 25.5. The van der Waals surface area contributed by atoms with E-state index in [1.807, 2.05) is 0 Å². The molecule has 2 aromatic rings. The number of nitrogens with zero attached hydrogens (tertiary/aromatic N) is 3. The molecule has 1 aromatic heterocycles. The third-order valence-electron chi connectivity index (χ3n) is 8.49. The maximum absolute atomic E-state index is 13.7. The topological polar surface area (TPSA) is 260 Å². The lowest BCUT2D eigenvalue weighted by molar-refractivity contribution is -0.141. The van der Waals surface area contributed by atoms with E-state index in [1.54, 1.807) is 31.6 Å². The Hall–Kier alpha value is -4.89. The van der Waals surface area contributed by atoms with Crippen molar-refractivity contribution >= 4 is 57.1 Å². The predicted octanol–water partition coefficient (Wildman–Crippen LogP) is 0.902. The van der Waals surface area contributed by atoms with Crippen LogP contribution < -0.4 is 26.4 Å². The molecule has 5 amide bonds. The normalized spacial score (nSPS) is 16.4. The van der Waals surface area contributed by atoms with Gasteiger partial charge in [0.1, 0.15) is 18.1 Å². The summed E-state index contributed by atoms with van der Waals surface area (Å²) in [7, 11) is -4.84. The molecule has 55 heavy (non-hydrogen) atoms. The first kappa shape index (κ1) is 44.5. The van der Waals surface area contributed by atoms with Gasteiger partial charge in [0.05, 0.1) is 28.2 Å². The van der Waals surface area contributed by atoms with Crippen LogP contribution in [0.4, 0.5) is 13.2 Å². The van der Waals surface area contributed by atoms with Crippen molar-refractivity contribution in [3.05, 3.63) is 52.8 Å². The van der Waals surface area contributed by atoms with Crippen molar-refractivity contribution in [3.63, 3.8) is 0 Å². The van der Waals surface area contributed by atoms with Crippen LogP contribution in [0.25, 0.3) is 0 Å². The second-order valence-electron chi connectivity index (χ2n) is 13.8. The SMILES string of the molecule is CC(C)(C)[C@H](NC(=O)[C@H](Cc1ccnnc1)NC(=O)CNC(=O)CC[C@H](NS(=O)(=O)c1ccc(Cl)c(C(F)(F)F)c1)C(=O)O)C(=O)N1CCC[C@H]1CC(N)=O. The van der Waals surface area contributed by atoms with E-state index >= 15 is 0 Å². The summed E-state index contributed by atoms with van der Waals surface area (Å²) in [6.07, 6.45) is -2.56. The molecular formula is C33H42ClF3N8O9S. The molecule has 0 aliphatic carbocycles. The summed E-state index contributed by atoms with van der Waals surface area (Å²) in [5, 5.41) is 23.7.